The summed E-state index contributed by atoms with van der Waals surface area (Å²) in [7, 11) is 0. The van der Waals surface area contributed by atoms with E-state index < -0.39 is 0 Å². The maximum Gasteiger partial charge on any atom is 0.315 e. The summed E-state index contributed by atoms with van der Waals surface area (Å²) < 4.78 is 5.74. The summed E-state index contributed by atoms with van der Waals surface area (Å²) in [5.74, 6) is 0. The molecule has 4 heteroatoms. The zero-order chi connectivity index (χ0) is 17.7. The fourth-order valence-electron chi connectivity index (χ4n) is 3.33. The molecule has 0 bridgehead atoms. The molecule has 134 valence electrons. The van der Waals surface area contributed by atoms with E-state index in [1.54, 1.807) is 0 Å². The number of benzene rings is 1. The van der Waals surface area contributed by atoms with Crippen molar-refractivity contribution >= 4 is 6.03 Å². The molecular weight excluding hydrogens is 300 g/mol. The molecule has 0 saturated carbocycles. The molecule has 2 N–H and O–H groups in total. The van der Waals surface area contributed by atoms with Crippen LogP contribution in [0.1, 0.15) is 53.0 Å². The first-order chi connectivity index (χ1) is 11.2. The van der Waals surface area contributed by atoms with E-state index in [0.717, 1.165) is 19.3 Å². The Morgan fingerprint density at radius 1 is 1.17 bits per heavy atom. The van der Waals surface area contributed by atoms with Crippen molar-refractivity contribution in [1.82, 2.24) is 10.6 Å². The highest BCUT2D eigenvalue weighted by Crippen LogP contribution is 2.23. The molecule has 1 aromatic carbocycles. The molecule has 24 heavy (non-hydrogen) atoms. The smallest absolute Gasteiger partial charge is 0.315 e. The van der Waals surface area contributed by atoms with Gasteiger partial charge in [0.25, 0.3) is 0 Å². The highest BCUT2D eigenvalue weighted by atomic mass is 16.5. The van der Waals surface area contributed by atoms with Crippen molar-refractivity contribution in [3.05, 3.63) is 35.9 Å². The Morgan fingerprint density at radius 2 is 1.75 bits per heavy atom. The summed E-state index contributed by atoms with van der Waals surface area (Å²) in [6.45, 7) is 10.6. The van der Waals surface area contributed by atoms with Gasteiger partial charge < -0.3 is 15.4 Å². The number of amides is 2. The van der Waals surface area contributed by atoms with Crippen molar-refractivity contribution < 1.29 is 9.53 Å². The van der Waals surface area contributed by atoms with Crippen LogP contribution in [0.25, 0.3) is 0 Å². The number of carbonyl (C=O) groups excluding carboxylic acids is 1. The molecule has 1 unspecified atom stereocenters. The van der Waals surface area contributed by atoms with E-state index >= 15 is 0 Å². The summed E-state index contributed by atoms with van der Waals surface area (Å²) in [6.07, 6.45) is 2.97. The molecule has 1 fully saturated rings. The molecule has 0 radical (unpaired) electrons. The summed E-state index contributed by atoms with van der Waals surface area (Å²) in [5, 5.41) is 6.33. The Morgan fingerprint density at radius 3 is 2.29 bits per heavy atom. The number of carbonyl (C=O) groups is 1. The molecule has 1 heterocycles. The minimum atomic E-state index is -0.0721. The molecule has 0 spiro atoms. The van der Waals surface area contributed by atoms with Gasteiger partial charge in [-0.05, 0) is 44.1 Å². The quantitative estimate of drug-likeness (QED) is 0.878. The van der Waals surface area contributed by atoms with Gasteiger partial charge in [-0.1, -0.05) is 51.1 Å². The van der Waals surface area contributed by atoms with Gasteiger partial charge in [0.05, 0.1) is 12.2 Å². The van der Waals surface area contributed by atoms with Gasteiger partial charge in [-0.2, -0.15) is 0 Å². The van der Waals surface area contributed by atoms with Crippen LogP contribution >= 0.6 is 0 Å². The van der Waals surface area contributed by atoms with Gasteiger partial charge >= 0.3 is 6.03 Å². The normalized spacial score (nSPS) is 25.8. The lowest BCUT2D eigenvalue weighted by Crippen LogP contribution is -2.53. The van der Waals surface area contributed by atoms with Crippen LogP contribution in [0.3, 0.4) is 0 Å². The monoisotopic (exact) mass is 332 g/mol. The molecule has 1 aromatic rings. The molecule has 4 nitrogen and oxygen atoms in total. The molecule has 2 amide bonds. The number of hydrogen-bond acceptors (Lipinski definition) is 2. The van der Waals surface area contributed by atoms with Crippen molar-refractivity contribution in [2.45, 2.75) is 78.2 Å². The van der Waals surface area contributed by atoms with E-state index in [1.807, 2.05) is 18.2 Å². The summed E-state index contributed by atoms with van der Waals surface area (Å²) in [6, 6.07) is 10.5. The predicted molar refractivity (Wildman–Crippen MR) is 98.1 cm³/mol. The maximum atomic E-state index is 12.5. The third kappa shape index (κ3) is 5.82. The maximum absolute atomic E-state index is 12.5. The van der Waals surface area contributed by atoms with Crippen molar-refractivity contribution in [2.24, 2.45) is 5.41 Å². The minimum absolute atomic E-state index is 0.0105. The molecule has 0 aromatic heterocycles. The third-order valence-corrected chi connectivity index (χ3v) is 4.67. The lowest BCUT2D eigenvalue weighted by atomic mass is 9.83. The zero-order valence-corrected chi connectivity index (χ0v) is 15.6. The standard InChI is InChI=1S/C20H32N2O2/c1-14-11-17(12-15(2)24-14)21-19(23)22-18(20(3,4)5)13-16-9-7-6-8-10-16/h6-10,14-15,17-18H,11-13H2,1-5H3,(H2,21,22,23)/t14-,15+,17?,18-/m0/s1. The Kier molecular flexibility index (Phi) is 6.27. The van der Waals surface area contributed by atoms with Gasteiger partial charge in [-0.15, -0.1) is 0 Å². The van der Waals surface area contributed by atoms with E-state index in [0.29, 0.717) is 0 Å². The first kappa shape index (κ1) is 18.8. The van der Waals surface area contributed by atoms with Gasteiger partial charge in [-0.25, -0.2) is 4.79 Å². The van der Waals surface area contributed by atoms with Crippen LogP contribution in [-0.2, 0) is 11.2 Å². The zero-order valence-electron chi connectivity index (χ0n) is 15.6. The molecule has 0 aliphatic carbocycles. The molecule has 1 aliphatic rings. The number of urea groups is 1. The third-order valence-electron chi connectivity index (χ3n) is 4.67. The van der Waals surface area contributed by atoms with Gasteiger partial charge in [-0.3, -0.25) is 0 Å². The Hall–Kier alpha value is -1.55. The van der Waals surface area contributed by atoms with E-state index in [9.17, 15) is 4.79 Å². The predicted octanol–water partition coefficient (Wildman–Crippen LogP) is 3.90. The number of rotatable bonds is 4. The molecule has 4 atom stereocenters. The van der Waals surface area contributed by atoms with Crippen LogP contribution in [0.2, 0.25) is 0 Å². The Labute approximate surface area is 146 Å². The lowest BCUT2D eigenvalue weighted by molar-refractivity contribution is -0.0402. The van der Waals surface area contributed by atoms with Crippen molar-refractivity contribution in [1.29, 1.82) is 0 Å². The minimum Gasteiger partial charge on any atom is -0.375 e. The Balaban J connectivity index is 1.95. The highest BCUT2D eigenvalue weighted by Gasteiger charge is 2.29. The van der Waals surface area contributed by atoms with Gasteiger partial charge in [0, 0.05) is 12.1 Å². The molecular formula is C20H32N2O2. The van der Waals surface area contributed by atoms with Gasteiger partial charge in [0.15, 0.2) is 0 Å². The highest BCUT2D eigenvalue weighted by molar-refractivity contribution is 5.74. The average Bonchev–Trinajstić information content (AvgIpc) is 2.45. The van der Waals surface area contributed by atoms with E-state index in [-0.39, 0.29) is 35.7 Å². The first-order valence-corrected chi connectivity index (χ1v) is 9.00. The second kappa shape index (κ2) is 8.02. The fraction of sp³-hybridized carbons (Fsp3) is 0.650. The van der Waals surface area contributed by atoms with Gasteiger partial charge in [0.2, 0.25) is 0 Å². The van der Waals surface area contributed by atoms with E-state index in [4.69, 9.17) is 4.74 Å². The van der Waals surface area contributed by atoms with E-state index in [2.05, 4.69) is 57.4 Å². The van der Waals surface area contributed by atoms with Crippen LogP contribution in [0.4, 0.5) is 4.79 Å². The summed E-state index contributed by atoms with van der Waals surface area (Å²) in [4.78, 5) is 12.5. The second-order valence-electron chi connectivity index (χ2n) is 8.15. The fourth-order valence-corrected chi connectivity index (χ4v) is 3.33. The van der Waals surface area contributed by atoms with Crippen LogP contribution in [0.5, 0.6) is 0 Å². The molecule has 1 saturated heterocycles. The average molecular weight is 332 g/mol. The summed E-state index contributed by atoms with van der Waals surface area (Å²) >= 11 is 0. The van der Waals surface area contributed by atoms with Crippen LogP contribution in [-0.4, -0.2) is 30.3 Å². The topological polar surface area (TPSA) is 50.4 Å². The molecule has 1 aliphatic heterocycles. The number of nitrogens with one attached hydrogen (secondary N) is 2. The first-order valence-electron chi connectivity index (χ1n) is 9.00. The van der Waals surface area contributed by atoms with Crippen molar-refractivity contribution in [3.8, 4) is 0 Å². The van der Waals surface area contributed by atoms with Crippen LogP contribution in [0, 0.1) is 5.41 Å². The van der Waals surface area contributed by atoms with Gasteiger partial charge in [0.1, 0.15) is 0 Å². The largest absolute Gasteiger partial charge is 0.375 e. The van der Waals surface area contributed by atoms with E-state index in [1.165, 1.54) is 5.56 Å². The van der Waals surface area contributed by atoms with Crippen molar-refractivity contribution in [3.63, 3.8) is 0 Å². The second-order valence-corrected chi connectivity index (χ2v) is 8.15. The lowest BCUT2D eigenvalue weighted by Gasteiger charge is -2.35. The number of ether oxygens (including phenoxy) is 1. The van der Waals surface area contributed by atoms with Crippen LogP contribution in [0.15, 0.2) is 30.3 Å². The Bertz CT molecular complexity index is 514. The van der Waals surface area contributed by atoms with Crippen molar-refractivity contribution in [2.75, 3.05) is 0 Å². The summed E-state index contributed by atoms with van der Waals surface area (Å²) in [5.41, 5.74) is 1.23. The number of hydrogen-bond donors (Lipinski definition) is 2. The van der Waals surface area contributed by atoms with Crippen LogP contribution < -0.4 is 10.6 Å². The SMILES string of the molecule is C[C@@H]1CC(NC(=O)N[C@@H](Cc2ccccc2)C(C)(C)C)C[C@H](C)O1. The molecule has 2 rings (SSSR count).